The molecule has 19 heavy (non-hydrogen) atoms. The smallest absolute Gasteiger partial charge is 0.406 e. The Balaban J connectivity index is 1.92. The summed E-state index contributed by atoms with van der Waals surface area (Å²) >= 11 is 0. The van der Waals surface area contributed by atoms with Gasteiger partial charge in [-0.3, -0.25) is 5.32 Å². The lowest BCUT2D eigenvalue weighted by Crippen LogP contribution is -2.39. The maximum atomic E-state index is 12.0. The maximum Gasteiger partial charge on any atom is 0.573 e. The molecule has 6 heteroatoms. The molecule has 1 atom stereocenters. The predicted molar refractivity (Wildman–Crippen MR) is 63.8 cm³/mol. The summed E-state index contributed by atoms with van der Waals surface area (Å²) < 4.78 is 45.4. The van der Waals surface area contributed by atoms with Crippen LogP contribution in [0.3, 0.4) is 0 Å². The standard InChI is InChI=1S/C13H16F3NO2/c1-12(2)17-10(8-18-12)7-9-3-5-11(6-4-9)19-13(14,15)16/h3-6,10,17H,7-8H2,1-2H3/t10-/m0/s1. The molecule has 1 aromatic carbocycles. The van der Waals surface area contributed by atoms with E-state index in [-0.39, 0.29) is 17.5 Å². The van der Waals surface area contributed by atoms with Crippen LogP contribution in [-0.2, 0) is 11.2 Å². The molecule has 0 unspecified atom stereocenters. The van der Waals surface area contributed by atoms with E-state index in [0.29, 0.717) is 13.0 Å². The van der Waals surface area contributed by atoms with Crippen molar-refractivity contribution in [1.29, 1.82) is 0 Å². The number of rotatable bonds is 3. The zero-order valence-electron chi connectivity index (χ0n) is 10.8. The molecule has 1 heterocycles. The molecular formula is C13H16F3NO2. The SMILES string of the molecule is CC1(C)N[C@@H](Cc2ccc(OC(F)(F)F)cc2)CO1. The normalized spacial score (nSPS) is 22.5. The number of ether oxygens (including phenoxy) is 2. The van der Waals surface area contributed by atoms with E-state index in [1.165, 1.54) is 12.1 Å². The summed E-state index contributed by atoms with van der Waals surface area (Å²) in [4.78, 5) is 0. The predicted octanol–water partition coefficient (Wildman–Crippen LogP) is 2.85. The molecule has 1 aromatic rings. The molecule has 1 saturated heterocycles. The summed E-state index contributed by atoms with van der Waals surface area (Å²) in [5.41, 5.74) is 0.595. The van der Waals surface area contributed by atoms with Crippen molar-refractivity contribution in [2.45, 2.75) is 38.4 Å². The number of alkyl halides is 3. The third-order valence-electron chi connectivity index (χ3n) is 2.84. The minimum atomic E-state index is -4.65. The maximum absolute atomic E-state index is 12.0. The molecule has 0 spiro atoms. The fraction of sp³-hybridized carbons (Fsp3) is 0.538. The van der Waals surface area contributed by atoms with E-state index in [2.05, 4.69) is 10.1 Å². The third-order valence-corrected chi connectivity index (χ3v) is 2.84. The van der Waals surface area contributed by atoms with Gasteiger partial charge in [0, 0.05) is 6.04 Å². The van der Waals surface area contributed by atoms with Gasteiger partial charge in [-0.15, -0.1) is 13.2 Å². The average molecular weight is 275 g/mol. The first-order valence-electron chi connectivity index (χ1n) is 6.00. The molecule has 1 N–H and O–H groups in total. The van der Waals surface area contributed by atoms with Crippen LogP contribution in [0, 0.1) is 0 Å². The van der Waals surface area contributed by atoms with Gasteiger partial charge in [0.05, 0.1) is 6.61 Å². The molecule has 106 valence electrons. The first kappa shape index (κ1) is 14.1. The molecule has 0 saturated carbocycles. The molecule has 0 amide bonds. The van der Waals surface area contributed by atoms with E-state index in [0.717, 1.165) is 5.56 Å². The molecule has 1 fully saturated rings. The van der Waals surface area contributed by atoms with Gasteiger partial charge in [-0.1, -0.05) is 12.1 Å². The third kappa shape index (κ3) is 4.40. The molecule has 0 bridgehead atoms. The zero-order chi connectivity index (χ0) is 14.1. The first-order valence-corrected chi connectivity index (χ1v) is 6.00. The summed E-state index contributed by atoms with van der Waals surface area (Å²) in [6, 6.07) is 6.08. The lowest BCUT2D eigenvalue weighted by Gasteiger charge is -2.18. The van der Waals surface area contributed by atoms with Crippen LogP contribution in [0.1, 0.15) is 19.4 Å². The molecule has 0 aliphatic carbocycles. The highest BCUT2D eigenvalue weighted by atomic mass is 19.4. The Labute approximate surface area is 109 Å². The quantitative estimate of drug-likeness (QED) is 0.920. The van der Waals surface area contributed by atoms with Gasteiger partial charge >= 0.3 is 6.36 Å². The highest BCUT2D eigenvalue weighted by molar-refractivity contribution is 5.28. The Hall–Kier alpha value is -1.27. The molecule has 3 nitrogen and oxygen atoms in total. The minimum Gasteiger partial charge on any atom is -0.406 e. The summed E-state index contributed by atoms with van der Waals surface area (Å²) in [5, 5.41) is 3.30. The van der Waals surface area contributed by atoms with Gasteiger partial charge in [0.15, 0.2) is 0 Å². The topological polar surface area (TPSA) is 30.5 Å². The van der Waals surface area contributed by atoms with E-state index >= 15 is 0 Å². The lowest BCUT2D eigenvalue weighted by atomic mass is 10.1. The zero-order valence-corrected chi connectivity index (χ0v) is 10.8. The van der Waals surface area contributed by atoms with Gasteiger partial charge in [-0.25, -0.2) is 0 Å². The van der Waals surface area contributed by atoms with E-state index in [4.69, 9.17) is 4.74 Å². The summed E-state index contributed by atoms with van der Waals surface area (Å²) in [6.07, 6.45) is -3.94. The molecule has 0 radical (unpaired) electrons. The van der Waals surface area contributed by atoms with E-state index in [1.54, 1.807) is 12.1 Å². The van der Waals surface area contributed by atoms with Gasteiger partial charge in [-0.2, -0.15) is 0 Å². The second-order valence-corrected chi connectivity index (χ2v) is 5.06. The second kappa shape index (κ2) is 5.02. The number of benzene rings is 1. The summed E-state index contributed by atoms with van der Waals surface area (Å²) in [7, 11) is 0. The molecule has 0 aromatic heterocycles. The summed E-state index contributed by atoms with van der Waals surface area (Å²) in [5.74, 6) is -0.202. The fourth-order valence-electron chi connectivity index (χ4n) is 2.11. The van der Waals surface area contributed by atoms with Crippen LogP contribution in [0.2, 0.25) is 0 Å². The van der Waals surface area contributed by atoms with Crippen molar-refractivity contribution < 1.29 is 22.6 Å². The van der Waals surface area contributed by atoms with Crippen LogP contribution in [-0.4, -0.2) is 24.7 Å². The van der Waals surface area contributed by atoms with Crippen molar-refractivity contribution in [3.05, 3.63) is 29.8 Å². The number of halogens is 3. The van der Waals surface area contributed by atoms with E-state index in [1.807, 2.05) is 13.8 Å². The van der Waals surface area contributed by atoms with Crippen molar-refractivity contribution >= 4 is 0 Å². The van der Waals surface area contributed by atoms with Gasteiger partial charge in [0.25, 0.3) is 0 Å². The molecule has 1 aliphatic heterocycles. The number of nitrogens with one attached hydrogen (secondary N) is 1. The Morgan fingerprint density at radius 1 is 1.32 bits per heavy atom. The van der Waals surface area contributed by atoms with Crippen molar-refractivity contribution in [1.82, 2.24) is 5.32 Å². The van der Waals surface area contributed by atoms with Crippen LogP contribution in [0.15, 0.2) is 24.3 Å². The molecular weight excluding hydrogens is 259 g/mol. The molecule has 1 aliphatic rings. The number of hydrogen-bond acceptors (Lipinski definition) is 3. The van der Waals surface area contributed by atoms with Crippen LogP contribution < -0.4 is 10.1 Å². The van der Waals surface area contributed by atoms with Crippen LogP contribution >= 0.6 is 0 Å². The number of hydrogen-bond donors (Lipinski definition) is 1. The Bertz CT molecular complexity index is 429. The average Bonchev–Trinajstić information content (AvgIpc) is 2.59. The Morgan fingerprint density at radius 2 is 1.95 bits per heavy atom. The Morgan fingerprint density at radius 3 is 2.42 bits per heavy atom. The fourth-order valence-corrected chi connectivity index (χ4v) is 2.11. The second-order valence-electron chi connectivity index (χ2n) is 5.06. The van der Waals surface area contributed by atoms with Gasteiger partial charge < -0.3 is 9.47 Å². The van der Waals surface area contributed by atoms with Crippen molar-refractivity contribution in [3.8, 4) is 5.75 Å². The molecule has 2 rings (SSSR count). The first-order chi connectivity index (χ1) is 8.73. The largest absolute Gasteiger partial charge is 0.573 e. The monoisotopic (exact) mass is 275 g/mol. The minimum absolute atomic E-state index is 0.171. The van der Waals surface area contributed by atoms with Crippen molar-refractivity contribution in [2.24, 2.45) is 0 Å². The van der Waals surface area contributed by atoms with Crippen LogP contribution in [0.5, 0.6) is 5.75 Å². The van der Waals surface area contributed by atoms with E-state index in [9.17, 15) is 13.2 Å². The van der Waals surface area contributed by atoms with Gasteiger partial charge in [0.1, 0.15) is 11.5 Å². The highest BCUT2D eigenvalue weighted by Gasteiger charge is 2.32. The van der Waals surface area contributed by atoms with Gasteiger partial charge in [-0.05, 0) is 38.0 Å². The van der Waals surface area contributed by atoms with Crippen molar-refractivity contribution in [3.63, 3.8) is 0 Å². The summed E-state index contributed by atoms with van der Waals surface area (Å²) in [6.45, 7) is 4.47. The van der Waals surface area contributed by atoms with E-state index < -0.39 is 6.36 Å². The lowest BCUT2D eigenvalue weighted by molar-refractivity contribution is -0.274. The van der Waals surface area contributed by atoms with Gasteiger partial charge in [0.2, 0.25) is 0 Å². The van der Waals surface area contributed by atoms with Crippen LogP contribution in [0.25, 0.3) is 0 Å². The van der Waals surface area contributed by atoms with Crippen molar-refractivity contribution in [2.75, 3.05) is 6.61 Å². The highest BCUT2D eigenvalue weighted by Crippen LogP contribution is 2.24. The van der Waals surface area contributed by atoms with Crippen LogP contribution in [0.4, 0.5) is 13.2 Å². The Kier molecular flexibility index (Phi) is 3.73.